The van der Waals surface area contributed by atoms with Gasteiger partial charge in [0.05, 0.1) is 22.9 Å². The second-order valence-corrected chi connectivity index (χ2v) is 4.05. The van der Waals surface area contributed by atoms with Crippen LogP contribution in [0.25, 0.3) is 16.6 Å². The van der Waals surface area contributed by atoms with Gasteiger partial charge in [-0.25, -0.2) is 4.52 Å². The largest absolute Gasteiger partial charge is 0.275 e. The number of hydrogen-bond donors (Lipinski definition) is 0. The van der Waals surface area contributed by atoms with Crippen molar-refractivity contribution in [3.63, 3.8) is 0 Å². The van der Waals surface area contributed by atoms with Gasteiger partial charge in [-0.3, -0.25) is 4.68 Å². The number of rotatable bonds is 1. The van der Waals surface area contributed by atoms with Crippen LogP contribution in [0.2, 0.25) is 5.02 Å². The summed E-state index contributed by atoms with van der Waals surface area (Å²) in [6.45, 7) is 0. The minimum absolute atomic E-state index is 0.693. The van der Waals surface area contributed by atoms with E-state index in [0.29, 0.717) is 5.02 Å². The molecule has 0 radical (unpaired) electrons. The molecular weight excluding hydrogens is 224 g/mol. The number of nitrogens with zero attached hydrogens (tertiary/aromatic N) is 4. The first-order valence-corrected chi connectivity index (χ1v) is 5.24. The molecule has 16 heavy (non-hydrogen) atoms. The first-order valence-electron chi connectivity index (χ1n) is 4.86. The van der Waals surface area contributed by atoms with Crippen molar-refractivity contribution in [1.29, 1.82) is 0 Å². The van der Waals surface area contributed by atoms with Crippen LogP contribution in [0.4, 0.5) is 0 Å². The van der Waals surface area contributed by atoms with Gasteiger partial charge in [0, 0.05) is 30.6 Å². The van der Waals surface area contributed by atoms with Gasteiger partial charge in [0.2, 0.25) is 0 Å². The predicted octanol–water partition coefficient (Wildman–Crippen LogP) is 2.39. The Labute approximate surface area is 97.1 Å². The Morgan fingerprint density at radius 1 is 1.19 bits per heavy atom. The van der Waals surface area contributed by atoms with Crippen molar-refractivity contribution >= 4 is 17.1 Å². The molecule has 0 aliphatic rings. The second kappa shape index (κ2) is 3.35. The fraction of sp³-hybridized carbons (Fsp3) is 0.0909. The molecule has 3 aromatic heterocycles. The van der Waals surface area contributed by atoms with Gasteiger partial charge in [-0.1, -0.05) is 11.6 Å². The predicted molar refractivity (Wildman–Crippen MR) is 62.4 cm³/mol. The molecule has 0 aliphatic heterocycles. The Bertz CT molecular complexity index is 653. The molecule has 0 saturated heterocycles. The zero-order chi connectivity index (χ0) is 11.1. The third-order valence-electron chi connectivity index (χ3n) is 2.50. The Kier molecular flexibility index (Phi) is 1.97. The lowest BCUT2D eigenvalue weighted by molar-refractivity contribution is 0.768. The van der Waals surface area contributed by atoms with E-state index in [1.165, 1.54) is 0 Å². The highest BCUT2D eigenvalue weighted by molar-refractivity contribution is 6.34. The fourth-order valence-electron chi connectivity index (χ4n) is 1.71. The number of halogens is 1. The zero-order valence-electron chi connectivity index (χ0n) is 8.63. The minimum atomic E-state index is 0.693. The molecule has 3 rings (SSSR count). The number of aromatic nitrogens is 4. The SMILES string of the molecule is Cn1cc(-c2cc(Cl)c3ccnn3c2)cn1. The zero-order valence-corrected chi connectivity index (χ0v) is 9.39. The summed E-state index contributed by atoms with van der Waals surface area (Å²) in [5, 5.41) is 9.01. The number of hydrogen-bond acceptors (Lipinski definition) is 2. The van der Waals surface area contributed by atoms with Gasteiger partial charge < -0.3 is 0 Å². The topological polar surface area (TPSA) is 35.1 Å². The van der Waals surface area contributed by atoms with Crippen LogP contribution < -0.4 is 0 Å². The first-order chi connectivity index (χ1) is 7.74. The number of pyridine rings is 1. The molecule has 4 nitrogen and oxygen atoms in total. The maximum absolute atomic E-state index is 6.17. The average Bonchev–Trinajstić information content (AvgIpc) is 2.85. The maximum atomic E-state index is 6.17. The molecule has 0 amide bonds. The van der Waals surface area contributed by atoms with Crippen LogP contribution in [0.3, 0.4) is 0 Å². The lowest BCUT2D eigenvalue weighted by atomic mass is 10.1. The Morgan fingerprint density at radius 2 is 2.06 bits per heavy atom. The van der Waals surface area contributed by atoms with Crippen LogP contribution in [-0.4, -0.2) is 19.4 Å². The molecule has 0 unspecified atom stereocenters. The highest BCUT2D eigenvalue weighted by Gasteiger charge is 2.06. The van der Waals surface area contributed by atoms with Gasteiger partial charge in [0.25, 0.3) is 0 Å². The third-order valence-corrected chi connectivity index (χ3v) is 2.80. The summed E-state index contributed by atoms with van der Waals surface area (Å²) >= 11 is 6.17. The highest BCUT2D eigenvalue weighted by Crippen LogP contribution is 2.25. The van der Waals surface area contributed by atoms with E-state index in [2.05, 4.69) is 10.2 Å². The van der Waals surface area contributed by atoms with E-state index >= 15 is 0 Å². The Balaban J connectivity index is 2.24. The van der Waals surface area contributed by atoms with E-state index in [1.54, 1.807) is 21.6 Å². The number of aryl methyl sites for hydroxylation is 1. The summed E-state index contributed by atoms with van der Waals surface area (Å²) in [7, 11) is 1.89. The van der Waals surface area contributed by atoms with Crippen molar-refractivity contribution in [3.05, 3.63) is 41.9 Å². The van der Waals surface area contributed by atoms with E-state index in [0.717, 1.165) is 16.6 Å². The molecule has 0 spiro atoms. The van der Waals surface area contributed by atoms with Crippen molar-refractivity contribution in [2.24, 2.45) is 7.05 Å². The second-order valence-electron chi connectivity index (χ2n) is 3.64. The van der Waals surface area contributed by atoms with Crippen LogP contribution in [-0.2, 0) is 7.05 Å². The molecule has 0 saturated carbocycles. The molecule has 3 aromatic rings. The molecular formula is C11H9ClN4. The molecule has 0 aliphatic carbocycles. The van der Waals surface area contributed by atoms with Gasteiger partial charge in [0.1, 0.15) is 0 Å². The van der Waals surface area contributed by atoms with Crippen molar-refractivity contribution in [2.75, 3.05) is 0 Å². The maximum Gasteiger partial charge on any atom is 0.0848 e. The standard InChI is InChI=1S/C11H9ClN4/c1-15-6-9(5-14-15)8-4-10(12)11-2-3-13-16(11)7-8/h2-7H,1H3. The van der Waals surface area contributed by atoms with Crippen molar-refractivity contribution in [1.82, 2.24) is 19.4 Å². The van der Waals surface area contributed by atoms with E-state index in [4.69, 9.17) is 11.6 Å². The summed E-state index contributed by atoms with van der Waals surface area (Å²) in [6, 6.07) is 3.81. The number of fused-ring (bicyclic) bond motifs is 1. The quantitative estimate of drug-likeness (QED) is 0.646. The lowest BCUT2D eigenvalue weighted by Gasteiger charge is -2.01. The van der Waals surface area contributed by atoms with Crippen LogP contribution in [0.15, 0.2) is 36.9 Å². The fourth-order valence-corrected chi connectivity index (χ4v) is 1.98. The molecule has 0 fully saturated rings. The molecule has 3 heterocycles. The molecule has 0 atom stereocenters. The van der Waals surface area contributed by atoms with Crippen LogP contribution in [0.5, 0.6) is 0 Å². The summed E-state index contributed by atoms with van der Waals surface area (Å²) in [4.78, 5) is 0. The van der Waals surface area contributed by atoms with Gasteiger partial charge in [-0.2, -0.15) is 10.2 Å². The summed E-state index contributed by atoms with van der Waals surface area (Å²) in [6.07, 6.45) is 7.43. The van der Waals surface area contributed by atoms with Crippen LogP contribution in [0.1, 0.15) is 0 Å². The van der Waals surface area contributed by atoms with E-state index in [1.807, 2.05) is 31.6 Å². The smallest absolute Gasteiger partial charge is 0.0848 e. The highest BCUT2D eigenvalue weighted by atomic mass is 35.5. The van der Waals surface area contributed by atoms with Crippen molar-refractivity contribution < 1.29 is 0 Å². The summed E-state index contributed by atoms with van der Waals surface area (Å²) in [5.41, 5.74) is 2.95. The summed E-state index contributed by atoms with van der Waals surface area (Å²) in [5.74, 6) is 0. The van der Waals surface area contributed by atoms with Crippen molar-refractivity contribution in [2.45, 2.75) is 0 Å². The molecule has 5 heteroatoms. The first kappa shape index (κ1) is 9.42. The Hall–Kier alpha value is -1.81. The van der Waals surface area contributed by atoms with E-state index in [-0.39, 0.29) is 0 Å². The summed E-state index contributed by atoms with van der Waals surface area (Å²) < 4.78 is 3.53. The molecule has 80 valence electrons. The molecule has 0 bridgehead atoms. The van der Waals surface area contributed by atoms with Gasteiger partial charge >= 0.3 is 0 Å². The van der Waals surface area contributed by atoms with Gasteiger partial charge in [-0.05, 0) is 12.1 Å². The third kappa shape index (κ3) is 1.39. The molecule has 0 aromatic carbocycles. The minimum Gasteiger partial charge on any atom is -0.275 e. The van der Waals surface area contributed by atoms with Crippen LogP contribution in [0, 0.1) is 0 Å². The Morgan fingerprint density at radius 3 is 2.81 bits per heavy atom. The van der Waals surface area contributed by atoms with Crippen LogP contribution >= 0.6 is 11.6 Å². The van der Waals surface area contributed by atoms with Gasteiger partial charge in [-0.15, -0.1) is 0 Å². The van der Waals surface area contributed by atoms with Gasteiger partial charge in [0.15, 0.2) is 0 Å². The van der Waals surface area contributed by atoms with E-state index in [9.17, 15) is 0 Å². The normalized spacial score (nSPS) is 11.1. The molecule has 0 N–H and O–H groups in total. The lowest BCUT2D eigenvalue weighted by Crippen LogP contribution is -1.89. The average molecular weight is 233 g/mol. The van der Waals surface area contributed by atoms with Crippen molar-refractivity contribution in [3.8, 4) is 11.1 Å². The van der Waals surface area contributed by atoms with E-state index < -0.39 is 0 Å². The monoisotopic (exact) mass is 232 g/mol.